The van der Waals surface area contributed by atoms with Crippen LogP contribution in [0.25, 0.3) is 0 Å². The zero-order valence-corrected chi connectivity index (χ0v) is 10.2. The third-order valence-corrected chi connectivity index (χ3v) is 4.37. The van der Waals surface area contributed by atoms with E-state index in [0.29, 0.717) is 5.92 Å². The summed E-state index contributed by atoms with van der Waals surface area (Å²) in [6.45, 7) is 4.58. The maximum Gasteiger partial charge on any atom is 0.0975 e. The summed E-state index contributed by atoms with van der Waals surface area (Å²) in [6, 6.07) is 0. The van der Waals surface area contributed by atoms with Crippen molar-refractivity contribution in [2.75, 3.05) is 26.7 Å². The van der Waals surface area contributed by atoms with Gasteiger partial charge in [-0.15, -0.1) is 11.3 Å². The molecular weight excluding hydrogens is 208 g/mol. The molecule has 0 aliphatic carbocycles. The molecule has 0 aromatic carbocycles. The van der Waals surface area contributed by atoms with Gasteiger partial charge in [-0.05, 0) is 26.9 Å². The summed E-state index contributed by atoms with van der Waals surface area (Å²) in [5.74, 6) is 0.617. The molecule has 1 saturated heterocycles. The number of hydrogen-bond donors (Lipinski definition) is 1. The van der Waals surface area contributed by atoms with Crippen molar-refractivity contribution in [3.8, 4) is 0 Å². The molecule has 1 aliphatic heterocycles. The van der Waals surface area contributed by atoms with Crippen molar-refractivity contribution < 1.29 is 5.11 Å². The summed E-state index contributed by atoms with van der Waals surface area (Å²) in [7, 11) is 2.16. The number of aromatic nitrogens is 1. The van der Waals surface area contributed by atoms with Gasteiger partial charge in [0.15, 0.2) is 0 Å². The highest BCUT2D eigenvalue weighted by atomic mass is 32.1. The zero-order valence-electron chi connectivity index (χ0n) is 9.36. The van der Waals surface area contributed by atoms with Crippen LogP contribution in [0.2, 0.25) is 0 Å². The van der Waals surface area contributed by atoms with Crippen molar-refractivity contribution in [3.05, 3.63) is 15.6 Å². The van der Waals surface area contributed by atoms with Crippen LogP contribution in [0.15, 0.2) is 0 Å². The van der Waals surface area contributed by atoms with Gasteiger partial charge < -0.3 is 10.0 Å². The lowest BCUT2D eigenvalue weighted by Gasteiger charge is -2.06. The Hall–Kier alpha value is -0.450. The molecule has 1 fully saturated rings. The largest absolute Gasteiger partial charge is 0.396 e. The van der Waals surface area contributed by atoms with Crippen molar-refractivity contribution in [3.63, 3.8) is 0 Å². The van der Waals surface area contributed by atoms with Crippen molar-refractivity contribution in [1.82, 2.24) is 9.88 Å². The van der Waals surface area contributed by atoms with E-state index in [9.17, 15) is 0 Å². The standard InChI is InChI=1S/C11H18N2OS/c1-8-10(4-6-14)15-11(12-8)9-3-5-13(2)7-9/h9,14H,3-7H2,1-2H3. The summed E-state index contributed by atoms with van der Waals surface area (Å²) in [5.41, 5.74) is 1.11. The van der Waals surface area contributed by atoms with Crippen LogP contribution in [0, 0.1) is 6.92 Å². The smallest absolute Gasteiger partial charge is 0.0975 e. The van der Waals surface area contributed by atoms with Crippen LogP contribution in [0.3, 0.4) is 0 Å². The highest BCUT2D eigenvalue weighted by Crippen LogP contribution is 2.31. The van der Waals surface area contributed by atoms with Crippen LogP contribution in [0.5, 0.6) is 0 Å². The number of hydrogen-bond acceptors (Lipinski definition) is 4. The Bertz CT molecular complexity index is 337. The van der Waals surface area contributed by atoms with Gasteiger partial charge in [-0.25, -0.2) is 4.98 Å². The lowest BCUT2D eigenvalue weighted by atomic mass is 10.1. The third kappa shape index (κ3) is 2.38. The molecule has 0 saturated carbocycles. The molecule has 15 heavy (non-hydrogen) atoms. The van der Waals surface area contributed by atoms with Gasteiger partial charge in [-0.2, -0.15) is 0 Å². The molecule has 1 aliphatic rings. The van der Waals surface area contributed by atoms with Crippen LogP contribution in [-0.2, 0) is 6.42 Å². The summed E-state index contributed by atoms with van der Waals surface area (Å²) >= 11 is 1.79. The molecule has 3 nitrogen and oxygen atoms in total. The number of likely N-dealkylation sites (tertiary alicyclic amines) is 1. The average molecular weight is 226 g/mol. The molecule has 1 atom stereocenters. The Morgan fingerprint density at radius 1 is 1.60 bits per heavy atom. The number of thiazole rings is 1. The second-order valence-corrected chi connectivity index (χ2v) is 5.40. The predicted octanol–water partition coefficient (Wildman–Crippen LogP) is 1.41. The molecule has 1 unspecified atom stereocenters. The first kappa shape index (κ1) is 11.0. The fourth-order valence-electron chi connectivity index (χ4n) is 2.10. The quantitative estimate of drug-likeness (QED) is 0.846. The third-order valence-electron chi connectivity index (χ3n) is 2.99. The molecule has 0 bridgehead atoms. The first-order valence-electron chi connectivity index (χ1n) is 5.46. The van der Waals surface area contributed by atoms with Crippen LogP contribution >= 0.6 is 11.3 Å². The Kier molecular flexibility index (Phi) is 3.38. The molecule has 2 heterocycles. The zero-order chi connectivity index (χ0) is 10.8. The van der Waals surface area contributed by atoms with Crippen LogP contribution < -0.4 is 0 Å². The minimum absolute atomic E-state index is 0.229. The molecule has 1 aromatic rings. The predicted molar refractivity (Wildman–Crippen MR) is 62.5 cm³/mol. The van der Waals surface area contributed by atoms with E-state index in [4.69, 9.17) is 5.11 Å². The van der Waals surface area contributed by atoms with E-state index in [1.54, 1.807) is 11.3 Å². The molecule has 4 heteroatoms. The highest BCUT2D eigenvalue weighted by Gasteiger charge is 2.24. The van der Waals surface area contributed by atoms with E-state index < -0.39 is 0 Å². The molecular formula is C11H18N2OS. The van der Waals surface area contributed by atoms with E-state index in [1.807, 2.05) is 6.92 Å². The van der Waals surface area contributed by atoms with E-state index in [-0.39, 0.29) is 6.61 Å². The van der Waals surface area contributed by atoms with E-state index in [1.165, 1.54) is 22.9 Å². The van der Waals surface area contributed by atoms with Crippen molar-refractivity contribution in [1.29, 1.82) is 0 Å². The Labute approximate surface area is 94.8 Å². The Morgan fingerprint density at radius 2 is 2.40 bits per heavy atom. The molecule has 2 rings (SSSR count). The first-order chi connectivity index (χ1) is 7.20. The maximum atomic E-state index is 8.93. The first-order valence-corrected chi connectivity index (χ1v) is 6.28. The minimum Gasteiger partial charge on any atom is -0.396 e. The lowest BCUT2D eigenvalue weighted by molar-refractivity contribution is 0.300. The summed E-state index contributed by atoms with van der Waals surface area (Å²) in [5, 5.41) is 10.2. The SMILES string of the molecule is Cc1nc(C2CCN(C)C2)sc1CCO. The van der Waals surface area contributed by atoms with Crippen LogP contribution in [0.1, 0.15) is 27.9 Å². The van der Waals surface area contributed by atoms with Gasteiger partial charge in [0.1, 0.15) is 0 Å². The monoisotopic (exact) mass is 226 g/mol. The molecule has 0 amide bonds. The van der Waals surface area contributed by atoms with E-state index in [0.717, 1.165) is 18.7 Å². The Balaban J connectivity index is 2.12. The molecule has 1 aromatic heterocycles. The normalized spacial score (nSPS) is 22.5. The van der Waals surface area contributed by atoms with Gasteiger partial charge in [0.25, 0.3) is 0 Å². The fourth-order valence-corrected chi connectivity index (χ4v) is 3.28. The van der Waals surface area contributed by atoms with Gasteiger partial charge in [0.2, 0.25) is 0 Å². The molecule has 1 N–H and O–H groups in total. The number of aliphatic hydroxyl groups excluding tert-OH is 1. The summed E-state index contributed by atoms with van der Waals surface area (Å²) in [4.78, 5) is 8.23. The van der Waals surface area contributed by atoms with Gasteiger partial charge in [-0.1, -0.05) is 0 Å². The second-order valence-electron chi connectivity index (χ2n) is 4.28. The van der Waals surface area contributed by atoms with Gasteiger partial charge in [-0.3, -0.25) is 0 Å². The van der Waals surface area contributed by atoms with Crippen molar-refractivity contribution >= 4 is 11.3 Å². The second kappa shape index (κ2) is 4.60. The molecule has 0 spiro atoms. The Morgan fingerprint density at radius 3 is 3.00 bits per heavy atom. The van der Waals surface area contributed by atoms with Gasteiger partial charge in [0, 0.05) is 30.4 Å². The maximum absolute atomic E-state index is 8.93. The lowest BCUT2D eigenvalue weighted by Crippen LogP contribution is -2.13. The topological polar surface area (TPSA) is 36.4 Å². The summed E-state index contributed by atoms with van der Waals surface area (Å²) < 4.78 is 0. The van der Waals surface area contributed by atoms with E-state index in [2.05, 4.69) is 16.9 Å². The number of aryl methyl sites for hydroxylation is 1. The number of aliphatic hydroxyl groups is 1. The van der Waals surface area contributed by atoms with Gasteiger partial charge in [0.05, 0.1) is 10.7 Å². The highest BCUT2D eigenvalue weighted by molar-refractivity contribution is 7.11. The number of nitrogens with zero attached hydrogens (tertiary/aromatic N) is 2. The minimum atomic E-state index is 0.229. The van der Waals surface area contributed by atoms with Crippen LogP contribution in [-0.4, -0.2) is 41.7 Å². The number of rotatable bonds is 3. The van der Waals surface area contributed by atoms with Crippen molar-refractivity contribution in [2.24, 2.45) is 0 Å². The van der Waals surface area contributed by atoms with E-state index >= 15 is 0 Å². The number of likely N-dealkylation sites (N-methyl/N-ethyl adjacent to an activating group) is 1. The van der Waals surface area contributed by atoms with Gasteiger partial charge >= 0.3 is 0 Å². The summed E-state index contributed by atoms with van der Waals surface area (Å²) in [6.07, 6.45) is 1.98. The van der Waals surface area contributed by atoms with Crippen molar-refractivity contribution in [2.45, 2.75) is 25.7 Å². The fraction of sp³-hybridized carbons (Fsp3) is 0.727. The molecule has 0 radical (unpaired) electrons. The molecule has 84 valence electrons. The van der Waals surface area contributed by atoms with Crippen LogP contribution in [0.4, 0.5) is 0 Å². The average Bonchev–Trinajstić information content (AvgIpc) is 2.75.